The molecule has 1 atom stereocenters. The highest BCUT2D eigenvalue weighted by atomic mass is 79.9. The van der Waals surface area contributed by atoms with Gasteiger partial charge < -0.3 is 15.0 Å². The van der Waals surface area contributed by atoms with Crippen LogP contribution >= 0.6 is 27.5 Å². The van der Waals surface area contributed by atoms with E-state index in [9.17, 15) is 18.0 Å². The molecule has 208 valence electrons. The molecule has 0 aliphatic heterocycles. The maximum absolute atomic E-state index is 13.8. The zero-order valence-electron chi connectivity index (χ0n) is 21.9. The van der Waals surface area contributed by atoms with Gasteiger partial charge in [-0.05, 0) is 79.6 Å². The van der Waals surface area contributed by atoms with E-state index >= 15 is 0 Å². The van der Waals surface area contributed by atoms with Gasteiger partial charge in [-0.2, -0.15) is 0 Å². The largest absolute Gasteiger partial charge is 0.497 e. The second kappa shape index (κ2) is 13.8. The Morgan fingerprint density at radius 2 is 1.62 bits per heavy atom. The van der Waals surface area contributed by atoms with Crippen LogP contribution in [-0.2, 0) is 26.2 Å². The lowest BCUT2D eigenvalue weighted by atomic mass is 10.1. The first-order chi connectivity index (χ1) is 18.6. The van der Waals surface area contributed by atoms with Crippen molar-refractivity contribution < 1.29 is 22.7 Å². The third-order valence-electron chi connectivity index (χ3n) is 6.02. The standard InChI is InChI=1S/C28H31BrClN3O5S/c1-4-17-31-28(35)20(2)32(18-21-5-7-22(29)8-6-21)27(34)19-33(24-11-9-23(30)10-12-24)39(36,37)26-15-13-25(38-3)14-16-26/h5-16,20H,4,17-19H2,1-3H3,(H,31,35). The number of carbonyl (C=O) groups excluding carboxylic acids is 2. The molecule has 0 saturated carbocycles. The first-order valence-corrected chi connectivity index (χ1v) is 14.9. The number of rotatable bonds is 12. The maximum atomic E-state index is 13.8. The van der Waals surface area contributed by atoms with Crippen LogP contribution in [0.4, 0.5) is 5.69 Å². The Labute approximate surface area is 243 Å². The molecular formula is C28H31BrClN3O5S. The Hall–Kier alpha value is -3.08. The number of amides is 2. The van der Waals surface area contributed by atoms with Crippen LogP contribution in [0.5, 0.6) is 5.75 Å². The van der Waals surface area contributed by atoms with Gasteiger partial charge in [-0.3, -0.25) is 13.9 Å². The minimum absolute atomic E-state index is 0.0146. The Bertz CT molecular complexity index is 1370. The van der Waals surface area contributed by atoms with Crippen LogP contribution < -0.4 is 14.4 Å². The van der Waals surface area contributed by atoms with Gasteiger partial charge in [-0.15, -0.1) is 0 Å². The normalized spacial score (nSPS) is 11.9. The van der Waals surface area contributed by atoms with Crippen LogP contribution in [0.2, 0.25) is 5.02 Å². The number of nitrogens with one attached hydrogen (secondary N) is 1. The number of ether oxygens (including phenoxy) is 1. The second-order valence-corrected chi connectivity index (χ2v) is 12.0. The van der Waals surface area contributed by atoms with Crippen molar-refractivity contribution in [2.45, 2.75) is 37.8 Å². The van der Waals surface area contributed by atoms with Gasteiger partial charge in [0.15, 0.2) is 0 Å². The van der Waals surface area contributed by atoms with Crippen LogP contribution in [0.3, 0.4) is 0 Å². The van der Waals surface area contributed by atoms with Gasteiger partial charge in [0, 0.05) is 22.6 Å². The van der Waals surface area contributed by atoms with Crippen molar-refractivity contribution in [3.8, 4) is 5.75 Å². The summed E-state index contributed by atoms with van der Waals surface area (Å²) in [5, 5.41) is 3.24. The van der Waals surface area contributed by atoms with E-state index in [0.29, 0.717) is 17.3 Å². The summed E-state index contributed by atoms with van der Waals surface area (Å²) in [6, 6.07) is 18.6. The van der Waals surface area contributed by atoms with Crippen molar-refractivity contribution in [1.82, 2.24) is 10.2 Å². The van der Waals surface area contributed by atoms with Gasteiger partial charge >= 0.3 is 0 Å². The van der Waals surface area contributed by atoms with E-state index in [1.54, 1.807) is 19.1 Å². The molecule has 2 amide bonds. The fraction of sp³-hybridized carbons (Fsp3) is 0.286. The van der Waals surface area contributed by atoms with Crippen LogP contribution in [-0.4, -0.2) is 51.4 Å². The van der Waals surface area contributed by atoms with Crippen LogP contribution in [0.1, 0.15) is 25.8 Å². The second-order valence-electron chi connectivity index (χ2n) is 8.78. The monoisotopic (exact) mass is 635 g/mol. The highest BCUT2D eigenvalue weighted by molar-refractivity contribution is 9.10. The van der Waals surface area contributed by atoms with E-state index in [0.717, 1.165) is 20.8 Å². The summed E-state index contributed by atoms with van der Waals surface area (Å²) in [5.41, 5.74) is 1.05. The lowest BCUT2D eigenvalue weighted by Gasteiger charge is -2.32. The van der Waals surface area contributed by atoms with E-state index < -0.39 is 28.5 Å². The van der Waals surface area contributed by atoms with Crippen LogP contribution in [0, 0.1) is 0 Å². The molecule has 8 nitrogen and oxygen atoms in total. The number of anilines is 1. The molecule has 0 fully saturated rings. The van der Waals surface area contributed by atoms with Crippen LogP contribution in [0.25, 0.3) is 0 Å². The zero-order valence-corrected chi connectivity index (χ0v) is 25.1. The lowest BCUT2D eigenvalue weighted by molar-refractivity contribution is -0.139. The molecule has 0 radical (unpaired) electrons. The highest BCUT2D eigenvalue weighted by Crippen LogP contribution is 2.27. The van der Waals surface area contributed by atoms with Gasteiger partial charge in [0.25, 0.3) is 10.0 Å². The smallest absolute Gasteiger partial charge is 0.264 e. The van der Waals surface area contributed by atoms with E-state index in [2.05, 4.69) is 21.2 Å². The van der Waals surface area contributed by atoms with Crippen molar-refractivity contribution >= 4 is 55.1 Å². The molecule has 0 bridgehead atoms. The van der Waals surface area contributed by atoms with E-state index in [-0.39, 0.29) is 23.0 Å². The number of methoxy groups -OCH3 is 1. The van der Waals surface area contributed by atoms with Gasteiger partial charge in [0.05, 0.1) is 17.7 Å². The van der Waals surface area contributed by atoms with E-state index in [1.165, 1.54) is 48.4 Å². The summed E-state index contributed by atoms with van der Waals surface area (Å²) in [6.07, 6.45) is 0.740. The molecule has 3 rings (SSSR count). The summed E-state index contributed by atoms with van der Waals surface area (Å²) in [5.74, 6) is -0.363. The molecule has 0 aliphatic rings. The first-order valence-electron chi connectivity index (χ1n) is 12.3. The quantitative estimate of drug-likeness (QED) is 0.293. The SMILES string of the molecule is CCCNC(=O)C(C)N(Cc1ccc(Br)cc1)C(=O)CN(c1ccc(Cl)cc1)S(=O)(=O)c1ccc(OC)cc1. The third-order valence-corrected chi connectivity index (χ3v) is 8.59. The number of nitrogens with zero attached hydrogens (tertiary/aromatic N) is 2. The summed E-state index contributed by atoms with van der Waals surface area (Å²) in [6.45, 7) is 3.62. The number of halogens is 2. The van der Waals surface area contributed by atoms with Crippen molar-refractivity contribution in [3.05, 3.63) is 87.9 Å². The Morgan fingerprint density at radius 3 is 2.18 bits per heavy atom. The fourth-order valence-electron chi connectivity index (χ4n) is 3.78. The molecule has 39 heavy (non-hydrogen) atoms. The first kappa shape index (κ1) is 30.5. The number of hydrogen-bond donors (Lipinski definition) is 1. The van der Waals surface area contributed by atoms with Gasteiger partial charge in [-0.1, -0.05) is 46.6 Å². The molecular weight excluding hydrogens is 606 g/mol. The number of sulfonamides is 1. The predicted octanol–water partition coefficient (Wildman–Crippen LogP) is 5.25. The third kappa shape index (κ3) is 7.97. The van der Waals surface area contributed by atoms with Crippen molar-refractivity contribution in [1.29, 1.82) is 0 Å². The fourth-order valence-corrected chi connectivity index (χ4v) is 5.58. The molecule has 0 aliphatic carbocycles. The topological polar surface area (TPSA) is 96.0 Å². The average molecular weight is 637 g/mol. The number of benzene rings is 3. The zero-order chi connectivity index (χ0) is 28.6. The van der Waals surface area contributed by atoms with E-state index in [4.69, 9.17) is 16.3 Å². The van der Waals surface area contributed by atoms with Gasteiger partial charge in [0.1, 0.15) is 18.3 Å². The maximum Gasteiger partial charge on any atom is 0.264 e. The number of hydrogen-bond acceptors (Lipinski definition) is 5. The average Bonchev–Trinajstić information content (AvgIpc) is 2.94. The Morgan fingerprint density at radius 1 is 1.00 bits per heavy atom. The Balaban J connectivity index is 2.00. The van der Waals surface area contributed by atoms with Crippen molar-refractivity contribution in [2.24, 2.45) is 0 Å². The molecule has 11 heteroatoms. The predicted molar refractivity (Wildman–Crippen MR) is 156 cm³/mol. The lowest BCUT2D eigenvalue weighted by Crippen LogP contribution is -2.51. The summed E-state index contributed by atoms with van der Waals surface area (Å²) < 4.78 is 34.7. The molecule has 0 saturated heterocycles. The van der Waals surface area contributed by atoms with Gasteiger partial charge in [-0.25, -0.2) is 8.42 Å². The van der Waals surface area contributed by atoms with Crippen molar-refractivity contribution in [2.75, 3.05) is 24.5 Å². The molecule has 0 spiro atoms. The van der Waals surface area contributed by atoms with Crippen LogP contribution in [0.15, 0.2) is 82.2 Å². The Kier molecular flexibility index (Phi) is 10.8. The van der Waals surface area contributed by atoms with Gasteiger partial charge in [0.2, 0.25) is 11.8 Å². The molecule has 1 unspecified atom stereocenters. The summed E-state index contributed by atoms with van der Waals surface area (Å²) in [7, 11) is -2.69. The minimum atomic E-state index is -4.18. The molecule has 3 aromatic carbocycles. The number of carbonyl (C=O) groups is 2. The molecule has 0 aromatic heterocycles. The highest BCUT2D eigenvalue weighted by Gasteiger charge is 2.32. The molecule has 3 aromatic rings. The summed E-state index contributed by atoms with van der Waals surface area (Å²) in [4.78, 5) is 28.1. The molecule has 0 heterocycles. The summed E-state index contributed by atoms with van der Waals surface area (Å²) >= 11 is 9.45. The minimum Gasteiger partial charge on any atom is -0.497 e. The van der Waals surface area contributed by atoms with E-state index in [1.807, 2.05) is 31.2 Å². The molecule has 1 N–H and O–H groups in total. The van der Waals surface area contributed by atoms with Crippen molar-refractivity contribution in [3.63, 3.8) is 0 Å².